The molecule has 0 heterocycles. The first kappa shape index (κ1) is 15.4. The third kappa shape index (κ3) is 6.31. The van der Waals surface area contributed by atoms with Gasteiger partial charge in [0.15, 0.2) is 0 Å². The number of thioether (sulfide) groups is 1. The van der Waals surface area contributed by atoms with Crippen LogP contribution >= 0.6 is 11.8 Å². The van der Waals surface area contributed by atoms with Gasteiger partial charge in [-0.15, -0.1) is 11.8 Å². The molecule has 18 heavy (non-hydrogen) atoms. The van der Waals surface area contributed by atoms with Crippen molar-refractivity contribution < 1.29 is 4.74 Å². The molecule has 0 atom stereocenters. The molecule has 1 aromatic carbocycles. The Balaban J connectivity index is 2.07. The molecule has 0 radical (unpaired) electrons. The average molecular weight is 267 g/mol. The largest absolute Gasteiger partial charge is 0.496 e. The topological polar surface area (TPSA) is 21.3 Å². The number of benzene rings is 1. The van der Waals surface area contributed by atoms with Gasteiger partial charge in [-0.1, -0.05) is 38.3 Å². The molecule has 0 aliphatic rings. The van der Waals surface area contributed by atoms with E-state index in [1.807, 2.05) is 23.9 Å². The Kier molecular flexibility index (Phi) is 8.78. The lowest BCUT2D eigenvalue weighted by Crippen LogP contribution is -2.18. The Morgan fingerprint density at radius 1 is 1.11 bits per heavy atom. The van der Waals surface area contributed by atoms with Gasteiger partial charge in [-0.2, -0.15) is 0 Å². The zero-order valence-corrected chi connectivity index (χ0v) is 12.4. The van der Waals surface area contributed by atoms with Crippen molar-refractivity contribution in [3.63, 3.8) is 0 Å². The third-order valence-corrected chi connectivity index (χ3v) is 3.87. The Morgan fingerprint density at radius 2 is 1.94 bits per heavy atom. The van der Waals surface area contributed by atoms with Crippen molar-refractivity contribution in [2.75, 3.05) is 26.0 Å². The van der Waals surface area contributed by atoms with Crippen LogP contribution in [-0.2, 0) is 0 Å². The molecule has 0 aliphatic heterocycles. The predicted molar refractivity (Wildman–Crippen MR) is 80.7 cm³/mol. The molecule has 0 fully saturated rings. The standard InChI is InChI=1S/C15H25NOS/c1-3-4-5-8-11-16-12-13-18-15-10-7-6-9-14(15)17-2/h6-7,9-10,16H,3-5,8,11-13H2,1-2H3. The van der Waals surface area contributed by atoms with Gasteiger partial charge in [0.25, 0.3) is 0 Å². The summed E-state index contributed by atoms with van der Waals surface area (Å²) in [5, 5.41) is 3.49. The van der Waals surface area contributed by atoms with Crippen LogP contribution in [0.15, 0.2) is 29.2 Å². The minimum Gasteiger partial charge on any atom is -0.496 e. The van der Waals surface area contributed by atoms with E-state index in [-0.39, 0.29) is 0 Å². The maximum atomic E-state index is 5.33. The number of para-hydroxylation sites is 1. The lowest BCUT2D eigenvalue weighted by atomic mass is 10.2. The van der Waals surface area contributed by atoms with Crippen LogP contribution in [0.1, 0.15) is 32.6 Å². The first-order chi connectivity index (χ1) is 8.88. The van der Waals surface area contributed by atoms with Gasteiger partial charge in [-0.3, -0.25) is 0 Å². The minimum absolute atomic E-state index is 0.977. The van der Waals surface area contributed by atoms with Crippen molar-refractivity contribution >= 4 is 11.8 Å². The molecule has 0 saturated heterocycles. The molecule has 0 unspecified atom stereocenters. The van der Waals surface area contributed by atoms with Crippen LogP contribution in [0.25, 0.3) is 0 Å². The second-order valence-electron chi connectivity index (χ2n) is 4.31. The number of hydrogen-bond acceptors (Lipinski definition) is 3. The third-order valence-electron chi connectivity index (χ3n) is 2.81. The predicted octanol–water partition coefficient (Wildman–Crippen LogP) is 3.96. The SMILES string of the molecule is CCCCCCNCCSc1ccccc1OC. The number of rotatable bonds is 10. The monoisotopic (exact) mass is 267 g/mol. The first-order valence-corrected chi connectivity index (χ1v) is 7.83. The highest BCUT2D eigenvalue weighted by atomic mass is 32.2. The van der Waals surface area contributed by atoms with Crippen LogP contribution < -0.4 is 10.1 Å². The Bertz CT molecular complexity index is 317. The summed E-state index contributed by atoms with van der Waals surface area (Å²) < 4.78 is 5.33. The maximum absolute atomic E-state index is 5.33. The maximum Gasteiger partial charge on any atom is 0.132 e. The number of unbranched alkanes of at least 4 members (excludes halogenated alkanes) is 3. The van der Waals surface area contributed by atoms with Crippen molar-refractivity contribution in [1.82, 2.24) is 5.32 Å². The van der Waals surface area contributed by atoms with Crippen LogP contribution in [0.2, 0.25) is 0 Å². The Hall–Kier alpha value is -0.670. The van der Waals surface area contributed by atoms with Gasteiger partial charge in [-0.25, -0.2) is 0 Å². The summed E-state index contributed by atoms with van der Waals surface area (Å²) >= 11 is 1.85. The van der Waals surface area contributed by atoms with Crippen molar-refractivity contribution in [2.45, 2.75) is 37.5 Å². The lowest BCUT2D eigenvalue weighted by Gasteiger charge is -2.08. The molecule has 0 aliphatic carbocycles. The zero-order valence-electron chi connectivity index (χ0n) is 11.6. The smallest absolute Gasteiger partial charge is 0.132 e. The second kappa shape index (κ2) is 10.3. The molecular weight excluding hydrogens is 242 g/mol. The fraction of sp³-hybridized carbons (Fsp3) is 0.600. The molecule has 1 N–H and O–H groups in total. The van der Waals surface area contributed by atoms with Crippen molar-refractivity contribution in [1.29, 1.82) is 0 Å². The van der Waals surface area contributed by atoms with E-state index in [0.29, 0.717) is 0 Å². The van der Waals surface area contributed by atoms with Crippen LogP contribution in [-0.4, -0.2) is 26.0 Å². The van der Waals surface area contributed by atoms with Crippen molar-refractivity contribution in [2.24, 2.45) is 0 Å². The Morgan fingerprint density at radius 3 is 2.72 bits per heavy atom. The van der Waals surface area contributed by atoms with E-state index in [1.165, 1.54) is 30.6 Å². The quantitative estimate of drug-likeness (QED) is 0.512. The molecular formula is C15H25NOS. The van der Waals surface area contributed by atoms with E-state index in [2.05, 4.69) is 24.4 Å². The van der Waals surface area contributed by atoms with Crippen molar-refractivity contribution in [3.8, 4) is 5.75 Å². The summed E-state index contributed by atoms with van der Waals surface area (Å²) in [5.74, 6) is 2.07. The number of ether oxygens (including phenoxy) is 1. The molecule has 2 nitrogen and oxygen atoms in total. The fourth-order valence-electron chi connectivity index (χ4n) is 1.77. The highest BCUT2D eigenvalue weighted by molar-refractivity contribution is 7.99. The summed E-state index contributed by atoms with van der Waals surface area (Å²) in [6, 6.07) is 8.20. The summed E-state index contributed by atoms with van der Waals surface area (Å²) in [4.78, 5) is 1.23. The minimum atomic E-state index is 0.977. The molecule has 0 bridgehead atoms. The van der Waals surface area contributed by atoms with E-state index in [0.717, 1.165) is 24.6 Å². The highest BCUT2D eigenvalue weighted by Gasteiger charge is 2.01. The van der Waals surface area contributed by atoms with Gasteiger partial charge >= 0.3 is 0 Å². The van der Waals surface area contributed by atoms with E-state index >= 15 is 0 Å². The van der Waals surface area contributed by atoms with Crippen LogP contribution in [0.4, 0.5) is 0 Å². The second-order valence-corrected chi connectivity index (χ2v) is 5.45. The molecule has 102 valence electrons. The first-order valence-electron chi connectivity index (χ1n) is 6.85. The van der Waals surface area contributed by atoms with Gasteiger partial charge in [0.05, 0.1) is 7.11 Å². The summed E-state index contributed by atoms with van der Waals surface area (Å²) in [5.41, 5.74) is 0. The molecule has 0 saturated carbocycles. The van der Waals surface area contributed by atoms with Gasteiger partial charge in [0.1, 0.15) is 5.75 Å². The van der Waals surface area contributed by atoms with Crippen LogP contribution in [0.5, 0.6) is 5.75 Å². The number of nitrogens with one attached hydrogen (secondary N) is 1. The van der Waals surface area contributed by atoms with E-state index in [9.17, 15) is 0 Å². The number of hydrogen-bond donors (Lipinski definition) is 1. The summed E-state index contributed by atoms with van der Waals surface area (Å²) in [6.45, 7) is 4.46. The van der Waals surface area contributed by atoms with Crippen LogP contribution in [0.3, 0.4) is 0 Å². The lowest BCUT2D eigenvalue weighted by molar-refractivity contribution is 0.405. The molecule has 3 heteroatoms. The zero-order chi connectivity index (χ0) is 13.1. The number of methoxy groups -OCH3 is 1. The van der Waals surface area contributed by atoms with Gasteiger partial charge in [0, 0.05) is 17.2 Å². The molecule has 1 rings (SSSR count). The Labute approximate surface area is 116 Å². The van der Waals surface area contributed by atoms with E-state index in [1.54, 1.807) is 7.11 Å². The van der Waals surface area contributed by atoms with E-state index in [4.69, 9.17) is 4.74 Å². The van der Waals surface area contributed by atoms with Gasteiger partial charge in [-0.05, 0) is 25.1 Å². The fourth-order valence-corrected chi connectivity index (χ4v) is 2.71. The molecule has 1 aromatic rings. The van der Waals surface area contributed by atoms with Gasteiger partial charge < -0.3 is 10.1 Å². The van der Waals surface area contributed by atoms with Crippen LogP contribution in [0, 0.1) is 0 Å². The molecule has 0 aromatic heterocycles. The average Bonchev–Trinajstić information content (AvgIpc) is 2.42. The summed E-state index contributed by atoms with van der Waals surface area (Å²) in [7, 11) is 1.73. The highest BCUT2D eigenvalue weighted by Crippen LogP contribution is 2.28. The normalized spacial score (nSPS) is 10.6. The van der Waals surface area contributed by atoms with Gasteiger partial charge in [0.2, 0.25) is 0 Å². The molecule has 0 amide bonds. The van der Waals surface area contributed by atoms with Crippen molar-refractivity contribution in [3.05, 3.63) is 24.3 Å². The molecule has 0 spiro atoms. The van der Waals surface area contributed by atoms with E-state index < -0.39 is 0 Å². The summed E-state index contributed by atoms with van der Waals surface area (Å²) in [6.07, 6.45) is 5.32.